The lowest BCUT2D eigenvalue weighted by Gasteiger charge is -2.35. The van der Waals surface area contributed by atoms with E-state index in [0.717, 1.165) is 12.1 Å². The van der Waals surface area contributed by atoms with E-state index in [4.69, 9.17) is 4.74 Å². The summed E-state index contributed by atoms with van der Waals surface area (Å²) < 4.78 is 74.9. The average molecular weight is 442 g/mol. The predicted molar refractivity (Wildman–Crippen MR) is 95.9 cm³/mol. The number of halogens is 5. The number of hydrogen-bond acceptors (Lipinski definition) is 7. The first-order valence-corrected chi connectivity index (χ1v) is 9.03. The van der Waals surface area contributed by atoms with E-state index in [9.17, 15) is 22.0 Å². The second-order valence-corrected chi connectivity index (χ2v) is 6.77. The maximum absolute atomic E-state index is 13.6. The van der Waals surface area contributed by atoms with Gasteiger partial charge in [-0.1, -0.05) is 5.21 Å². The van der Waals surface area contributed by atoms with E-state index in [-0.39, 0.29) is 37.2 Å². The van der Waals surface area contributed by atoms with Gasteiger partial charge in [-0.3, -0.25) is 0 Å². The van der Waals surface area contributed by atoms with E-state index in [1.807, 2.05) is 0 Å². The Kier molecular flexibility index (Phi) is 5.57. The van der Waals surface area contributed by atoms with Gasteiger partial charge in [-0.05, 0) is 18.2 Å². The second-order valence-electron chi connectivity index (χ2n) is 6.77. The molecule has 0 radical (unpaired) electrons. The van der Waals surface area contributed by atoms with Gasteiger partial charge < -0.3 is 14.8 Å². The third kappa shape index (κ3) is 5.16. The molecule has 0 bridgehead atoms. The van der Waals surface area contributed by atoms with Crippen LogP contribution in [0.15, 0.2) is 36.7 Å². The first-order chi connectivity index (χ1) is 14.8. The lowest BCUT2D eigenvalue weighted by Crippen LogP contribution is -2.44. The van der Waals surface area contributed by atoms with Crippen molar-refractivity contribution < 1.29 is 31.4 Å². The van der Waals surface area contributed by atoms with Crippen LogP contribution >= 0.6 is 0 Å². The van der Waals surface area contributed by atoms with Crippen LogP contribution in [0.3, 0.4) is 0 Å². The lowest BCUT2D eigenvalue weighted by molar-refractivity contribution is -0.0794. The third-order valence-corrected chi connectivity index (χ3v) is 4.36. The van der Waals surface area contributed by atoms with E-state index in [2.05, 4.69) is 30.3 Å². The van der Waals surface area contributed by atoms with Crippen LogP contribution in [-0.4, -0.2) is 43.5 Å². The number of ether oxygens (including phenoxy) is 2. The summed E-state index contributed by atoms with van der Waals surface area (Å²) in [7, 11) is 0. The summed E-state index contributed by atoms with van der Waals surface area (Å²) in [6.45, 7) is -3.25. The number of alkyl halides is 4. The van der Waals surface area contributed by atoms with Crippen molar-refractivity contribution in [2.75, 3.05) is 5.32 Å². The summed E-state index contributed by atoms with van der Waals surface area (Å²) in [5.41, 5.74) is 0.594. The van der Waals surface area contributed by atoms with Crippen molar-refractivity contribution in [2.45, 2.75) is 38.0 Å². The predicted octanol–water partition coefficient (Wildman–Crippen LogP) is 3.59. The maximum atomic E-state index is 13.6. The van der Waals surface area contributed by atoms with Crippen LogP contribution in [-0.2, 0) is 6.61 Å². The van der Waals surface area contributed by atoms with E-state index in [1.165, 1.54) is 29.2 Å². The Bertz CT molecular complexity index is 1060. The van der Waals surface area contributed by atoms with Gasteiger partial charge in [0.05, 0.1) is 11.9 Å². The summed E-state index contributed by atoms with van der Waals surface area (Å²) in [6, 6.07) is 4.51. The zero-order valence-electron chi connectivity index (χ0n) is 15.7. The van der Waals surface area contributed by atoms with E-state index in [0.29, 0.717) is 11.5 Å². The quantitative estimate of drug-likeness (QED) is 0.534. The third-order valence-electron chi connectivity index (χ3n) is 4.36. The van der Waals surface area contributed by atoms with E-state index < -0.39 is 24.1 Å². The number of nitrogens with zero attached hydrogens (tertiary/aromatic N) is 5. The van der Waals surface area contributed by atoms with Crippen LogP contribution in [0, 0.1) is 5.82 Å². The van der Waals surface area contributed by atoms with Crippen molar-refractivity contribution in [3.05, 3.63) is 48.2 Å². The normalized spacial score (nSPS) is 15.5. The fourth-order valence-corrected chi connectivity index (χ4v) is 2.91. The van der Waals surface area contributed by atoms with Gasteiger partial charge in [0.2, 0.25) is 0 Å². The Morgan fingerprint density at radius 1 is 1.23 bits per heavy atom. The first kappa shape index (κ1) is 20.8. The molecule has 2 aromatic heterocycles. The molecule has 13 heteroatoms. The van der Waals surface area contributed by atoms with Crippen LogP contribution in [0.4, 0.5) is 27.8 Å². The van der Waals surface area contributed by atoms with Crippen molar-refractivity contribution in [3.63, 3.8) is 0 Å². The highest BCUT2D eigenvalue weighted by molar-refractivity contribution is 5.40. The highest BCUT2D eigenvalue weighted by Crippen LogP contribution is 2.38. The van der Waals surface area contributed by atoms with Crippen LogP contribution in [0.2, 0.25) is 0 Å². The van der Waals surface area contributed by atoms with Gasteiger partial charge >= 0.3 is 12.6 Å². The second kappa shape index (κ2) is 8.32. The molecule has 0 unspecified atom stereocenters. The molecule has 8 nitrogen and oxygen atoms in total. The highest BCUT2D eigenvalue weighted by Gasteiger charge is 2.45. The van der Waals surface area contributed by atoms with Crippen LogP contribution in [0.1, 0.15) is 18.5 Å². The monoisotopic (exact) mass is 442 g/mol. The fraction of sp³-hybridized carbons (Fsp3) is 0.333. The molecule has 0 amide bonds. The largest absolute Gasteiger partial charge is 0.457 e. The smallest absolute Gasteiger partial charge is 0.387 e. The zero-order valence-corrected chi connectivity index (χ0v) is 15.7. The van der Waals surface area contributed by atoms with Gasteiger partial charge in [0.1, 0.15) is 18.1 Å². The molecule has 1 aromatic carbocycles. The molecule has 164 valence electrons. The Hall–Kier alpha value is -3.51. The van der Waals surface area contributed by atoms with Crippen molar-refractivity contribution in [1.29, 1.82) is 0 Å². The number of anilines is 1. The summed E-state index contributed by atoms with van der Waals surface area (Å²) in [5, 5.41) is 10.6. The molecule has 0 spiro atoms. The molecule has 4 rings (SSSR count). The molecular formula is C18H15F5N6O2. The van der Waals surface area contributed by atoms with E-state index in [1.54, 1.807) is 0 Å². The van der Waals surface area contributed by atoms with Crippen LogP contribution in [0.25, 0.3) is 5.69 Å². The zero-order chi connectivity index (χ0) is 22.0. The summed E-state index contributed by atoms with van der Waals surface area (Å²) in [5.74, 6) is -3.86. The fourth-order valence-electron chi connectivity index (χ4n) is 2.91. The molecule has 1 aliphatic rings. The number of benzene rings is 1. The minimum absolute atomic E-state index is 0.0000329. The molecule has 0 saturated heterocycles. The molecule has 1 aliphatic carbocycles. The average Bonchev–Trinajstić information content (AvgIpc) is 3.16. The van der Waals surface area contributed by atoms with Gasteiger partial charge in [-0.25, -0.2) is 22.8 Å². The number of hydrogen-bond donors (Lipinski definition) is 1. The Morgan fingerprint density at radius 3 is 2.77 bits per heavy atom. The SMILES string of the molecule is Fc1ccc(-n2cc(COc3nccc(NC4CC(F)(F)C4)n3)nn2)cc1OC(F)F. The van der Waals surface area contributed by atoms with Crippen molar-refractivity contribution in [1.82, 2.24) is 25.0 Å². The minimum atomic E-state index is -3.17. The van der Waals surface area contributed by atoms with Gasteiger partial charge in [0.25, 0.3) is 5.92 Å². The molecule has 1 N–H and O–H groups in total. The Labute approximate surface area is 172 Å². The van der Waals surface area contributed by atoms with Gasteiger partial charge in [-0.2, -0.15) is 13.8 Å². The minimum Gasteiger partial charge on any atom is -0.457 e. The van der Waals surface area contributed by atoms with Gasteiger partial charge in [0, 0.05) is 31.1 Å². The van der Waals surface area contributed by atoms with Crippen LogP contribution in [0.5, 0.6) is 11.8 Å². The van der Waals surface area contributed by atoms with Crippen molar-refractivity contribution in [3.8, 4) is 17.4 Å². The maximum Gasteiger partial charge on any atom is 0.387 e. The number of nitrogens with one attached hydrogen (secondary N) is 1. The lowest BCUT2D eigenvalue weighted by atomic mass is 9.88. The molecule has 1 fully saturated rings. The first-order valence-electron chi connectivity index (χ1n) is 9.03. The molecule has 3 aromatic rings. The van der Waals surface area contributed by atoms with Crippen molar-refractivity contribution >= 4 is 5.82 Å². The molecule has 1 saturated carbocycles. The number of rotatable bonds is 8. The molecule has 0 atom stereocenters. The van der Waals surface area contributed by atoms with Gasteiger partial charge in [-0.15, -0.1) is 5.10 Å². The van der Waals surface area contributed by atoms with E-state index >= 15 is 0 Å². The topological polar surface area (TPSA) is 87.0 Å². The Morgan fingerprint density at radius 2 is 2.03 bits per heavy atom. The molecule has 0 aliphatic heterocycles. The van der Waals surface area contributed by atoms with Crippen LogP contribution < -0.4 is 14.8 Å². The number of aromatic nitrogens is 5. The molecular weight excluding hydrogens is 427 g/mol. The summed E-state index contributed by atoms with van der Waals surface area (Å²) >= 11 is 0. The molecule has 2 heterocycles. The standard InChI is InChI=1S/C18H15F5N6O2/c19-13-2-1-12(5-14(13)31-16(20)21)29-8-11(27-28-29)9-30-17-24-4-3-15(26-17)25-10-6-18(22,23)7-10/h1-5,8,10,16H,6-7,9H2,(H,24,25,26). The molecule has 31 heavy (non-hydrogen) atoms. The summed E-state index contributed by atoms with van der Waals surface area (Å²) in [6.07, 6.45) is 2.34. The van der Waals surface area contributed by atoms with Crippen molar-refractivity contribution in [2.24, 2.45) is 0 Å². The highest BCUT2D eigenvalue weighted by atomic mass is 19.3. The van der Waals surface area contributed by atoms with Gasteiger partial charge in [0.15, 0.2) is 11.6 Å². The Balaban J connectivity index is 1.37. The summed E-state index contributed by atoms with van der Waals surface area (Å²) in [4.78, 5) is 8.04.